The van der Waals surface area contributed by atoms with Crippen molar-refractivity contribution in [1.29, 1.82) is 0 Å². The molecule has 0 spiro atoms. The van der Waals surface area contributed by atoms with Crippen molar-refractivity contribution in [2.24, 2.45) is 0 Å². The summed E-state index contributed by atoms with van der Waals surface area (Å²) in [5, 5.41) is 11.6. The van der Waals surface area contributed by atoms with Crippen LogP contribution in [0.4, 0.5) is 10.5 Å². The molecule has 2 N–H and O–H groups in total. The summed E-state index contributed by atoms with van der Waals surface area (Å²) < 4.78 is 4.32. The van der Waals surface area contributed by atoms with Crippen LogP contribution in [-0.4, -0.2) is 24.6 Å². The number of ether oxygens (including phenoxy) is 1. The first-order valence-corrected chi connectivity index (χ1v) is 3.74. The number of carbonyl (C=O) groups is 1. The maximum absolute atomic E-state index is 10.8. The van der Waals surface area contributed by atoms with Crippen molar-refractivity contribution in [1.82, 2.24) is 0 Å². The zero-order valence-corrected chi connectivity index (χ0v) is 7.40. The van der Waals surface area contributed by atoms with E-state index in [0.717, 1.165) is 0 Å². The van der Waals surface area contributed by atoms with Crippen molar-refractivity contribution < 1.29 is 19.4 Å². The number of aromatic hydroxyl groups is 1. The summed E-state index contributed by atoms with van der Waals surface area (Å²) >= 11 is 0. The van der Waals surface area contributed by atoms with Crippen LogP contribution in [-0.2, 0) is 9.53 Å². The molecule has 0 heterocycles. The molecular formula is C9H8NO4. The Hall–Kier alpha value is -2.04. The number of methoxy groups -OCH3 is 1. The van der Waals surface area contributed by atoms with Crippen LogP contribution in [0.15, 0.2) is 18.2 Å². The summed E-state index contributed by atoms with van der Waals surface area (Å²) in [5.74, 6) is -0.326. The van der Waals surface area contributed by atoms with Crippen molar-refractivity contribution in [2.45, 2.75) is 0 Å². The predicted octanol–water partition coefficient (Wildman–Crippen LogP) is 1.03. The number of carbonyl (C=O) groups excluding carboxylic acids is 2. The zero-order chi connectivity index (χ0) is 10.6. The Balaban J connectivity index is 2.97. The van der Waals surface area contributed by atoms with E-state index >= 15 is 0 Å². The predicted molar refractivity (Wildman–Crippen MR) is 48.9 cm³/mol. The van der Waals surface area contributed by atoms with Gasteiger partial charge in [-0.2, -0.15) is 0 Å². The van der Waals surface area contributed by atoms with Gasteiger partial charge in [-0.15, -0.1) is 0 Å². The Morgan fingerprint density at radius 3 is 2.86 bits per heavy atom. The minimum absolute atomic E-state index is 0.0149. The minimum Gasteiger partial charge on any atom is -0.505 e. The molecule has 1 radical (unpaired) electrons. The monoisotopic (exact) mass is 194 g/mol. The van der Waals surface area contributed by atoms with Gasteiger partial charge in [0, 0.05) is 0 Å². The zero-order valence-electron chi connectivity index (χ0n) is 7.40. The van der Waals surface area contributed by atoms with Crippen molar-refractivity contribution in [3.8, 4) is 5.75 Å². The van der Waals surface area contributed by atoms with Gasteiger partial charge in [-0.05, 0) is 12.1 Å². The number of phenols is 1. The lowest BCUT2D eigenvalue weighted by molar-refractivity contribution is 0.187. The number of hydrogen-bond acceptors (Lipinski definition) is 4. The van der Waals surface area contributed by atoms with Gasteiger partial charge in [0.15, 0.2) is 0 Å². The van der Waals surface area contributed by atoms with Gasteiger partial charge in [0.2, 0.25) is 6.29 Å². The molecule has 1 rings (SSSR count). The molecule has 73 valence electrons. The molecule has 1 aromatic carbocycles. The van der Waals surface area contributed by atoms with Crippen LogP contribution in [0.5, 0.6) is 5.75 Å². The van der Waals surface area contributed by atoms with Crippen molar-refractivity contribution >= 4 is 18.1 Å². The Bertz CT molecular complexity index is 362. The second kappa shape index (κ2) is 4.27. The summed E-state index contributed by atoms with van der Waals surface area (Å²) in [6.45, 7) is 0. The minimum atomic E-state index is -0.719. The van der Waals surface area contributed by atoms with Gasteiger partial charge >= 0.3 is 6.09 Å². The van der Waals surface area contributed by atoms with Crippen LogP contribution in [0.2, 0.25) is 0 Å². The number of nitrogens with one attached hydrogen (secondary N) is 1. The van der Waals surface area contributed by atoms with E-state index in [-0.39, 0.29) is 17.0 Å². The summed E-state index contributed by atoms with van der Waals surface area (Å²) in [5.41, 5.74) is 0.0941. The third-order valence-electron chi connectivity index (χ3n) is 1.57. The summed E-state index contributed by atoms with van der Waals surface area (Å²) in [7, 11) is 1.20. The normalized spacial score (nSPS) is 9.21. The molecule has 0 aliphatic carbocycles. The summed E-state index contributed by atoms with van der Waals surface area (Å²) in [6.07, 6.45) is 0.816. The molecule has 1 aromatic rings. The first-order chi connectivity index (χ1) is 6.69. The van der Waals surface area contributed by atoms with E-state index in [2.05, 4.69) is 10.1 Å². The number of hydrogen-bond donors (Lipinski definition) is 2. The topological polar surface area (TPSA) is 75.6 Å². The number of para-hydroxylation sites is 1. The second-order valence-electron chi connectivity index (χ2n) is 2.42. The largest absolute Gasteiger partial charge is 0.505 e. The second-order valence-corrected chi connectivity index (χ2v) is 2.42. The highest BCUT2D eigenvalue weighted by Gasteiger charge is 2.09. The van der Waals surface area contributed by atoms with Crippen LogP contribution in [0.1, 0.15) is 5.56 Å². The molecule has 0 aliphatic rings. The summed E-state index contributed by atoms with van der Waals surface area (Å²) in [6, 6.07) is 4.32. The van der Waals surface area contributed by atoms with E-state index < -0.39 is 6.09 Å². The first-order valence-electron chi connectivity index (χ1n) is 3.74. The summed E-state index contributed by atoms with van der Waals surface area (Å²) in [4.78, 5) is 21.1. The van der Waals surface area contributed by atoms with Gasteiger partial charge < -0.3 is 9.84 Å². The molecule has 5 heteroatoms. The molecule has 5 nitrogen and oxygen atoms in total. The van der Waals surface area contributed by atoms with E-state index in [9.17, 15) is 14.7 Å². The molecule has 14 heavy (non-hydrogen) atoms. The van der Waals surface area contributed by atoms with E-state index in [4.69, 9.17) is 0 Å². The van der Waals surface area contributed by atoms with E-state index in [1.165, 1.54) is 31.6 Å². The standard InChI is InChI=1S/C9H8NO4/c1-14-9(13)10-7-4-2-3-6(5-11)8(7)12/h2-4,12H,1H3,(H,10,13). The molecule has 1 amide bonds. The highest BCUT2D eigenvalue weighted by atomic mass is 16.5. The number of amides is 1. The Morgan fingerprint density at radius 2 is 2.29 bits per heavy atom. The van der Waals surface area contributed by atoms with Crippen molar-refractivity contribution in [3.63, 3.8) is 0 Å². The molecule has 0 unspecified atom stereocenters. The molecular weight excluding hydrogens is 186 g/mol. The smallest absolute Gasteiger partial charge is 0.411 e. The quantitative estimate of drug-likeness (QED) is 0.689. The number of anilines is 1. The average molecular weight is 194 g/mol. The molecule has 0 aliphatic heterocycles. The van der Waals surface area contributed by atoms with Crippen LogP contribution in [0.3, 0.4) is 0 Å². The van der Waals surface area contributed by atoms with Crippen LogP contribution < -0.4 is 5.32 Å². The fourth-order valence-corrected chi connectivity index (χ4v) is 0.888. The fourth-order valence-electron chi connectivity index (χ4n) is 0.888. The highest BCUT2D eigenvalue weighted by Crippen LogP contribution is 2.25. The van der Waals surface area contributed by atoms with Gasteiger partial charge in [0.1, 0.15) is 5.75 Å². The lowest BCUT2D eigenvalue weighted by Gasteiger charge is -2.06. The SMILES string of the molecule is COC(=O)Nc1cccc([C]=O)c1O. The molecule has 0 fully saturated rings. The Labute approximate surface area is 80.3 Å². The maximum atomic E-state index is 10.8. The Morgan fingerprint density at radius 1 is 1.57 bits per heavy atom. The van der Waals surface area contributed by atoms with Gasteiger partial charge in [-0.3, -0.25) is 10.1 Å². The maximum Gasteiger partial charge on any atom is 0.411 e. The lowest BCUT2D eigenvalue weighted by atomic mass is 10.2. The van der Waals surface area contributed by atoms with Crippen LogP contribution in [0, 0.1) is 0 Å². The van der Waals surface area contributed by atoms with Gasteiger partial charge in [0.25, 0.3) is 0 Å². The molecule has 0 saturated carbocycles. The Kier molecular flexibility index (Phi) is 3.06. The van der Waals surface area contributed by atoms with E-state index in [1.807, 2.05) is 0 Å². The molecule has 0 atom stereocenters. The van der Waals surface area contributed by atoms with Gasteiger partial charge in [-0.25, -0.2) is 4.79 Å². The van der Waals surface area contributed by atoms with Crippen molar-refractivity contribution in [2.75, 3.05) is 12.4 Å². The van der Waals surface area contributed by atoms with Crippen LogP contribution >= 0.6 is 0 Å². The number of phenolic OH excluding ortho intramolecular Hbond substituents is 1. The fraction of sp³-hybridized carbons (Fsp3) is 0.111. The molecule has 0 bridgehead atoms. The van der Waals surface area contributed by atoms with Crippen molar-refractivity contribution in [3.05, 3.63) is 23.8 Å². The first kappa shape index (κ1) is 10.0. The number of rotatable bonds is 2. The third kappa shape index (κ3) is 2.01. The molecule has 0 aromatic heterocycles. The van der Waals surface area contributed by atoms with Gasteiger partial charge in [0.05, 0.1) is 18.4 Å². The van der Waals surface area contributed by atoms with E-state index in [0.29, 0.717) is 0 Å². The molecule has 0 saturated heterocycles. The van der Waals surface area contributed by atoms with E-state index in [1.54, 1.807) is 0 Å². The third-order valence-corrected chi connectivity index (χ3v) is 1.57. The average Bonchev–Trinajstić information content (AvgIpc) is 2.21. The van der Waals surface area contributed by atoms with Crippen LogP contribution in [0.25, 0.3) is 0 Å². The van der Waals surface area contributed by atoms with Gasteiger partial charge in [-0.1, -0.05) is 6.07 Å². The number of benzene rings is 1. The highest BCUT2D eigenvalue weighted by molar-refractivity contribution is 5.91. The lowest BCUT2D eigenvalue weighted by Crippen LogP contribution is -2.11.